The van der Waals surface area contributed by atoms with E-state index in [0.29, 0.717) is 17.3 Å². The monoisotopic (exact) mass is 316 g/mol. The van der Waals surface area contributed by atoms with Crippen LogP contribution in [0.1, 0.15) is 49.8 Å². The van der Waals surface area contributed by atoms with E-state index in [1.807, 2.05) is 32.9 Å². The van der Waals surface area contributed by atoms with E-state index in [1.54, 1.807) is 19.1 Å². The van der Waals surface area contributed by atoms with Crippen molar-refractivity contribution >= 4 is 17.3 Å². The molecule has 2 aromatic heterocycles. The Morgan fingerprint density at radius 1 is 1.00 bits per heavy atom. The van der Waals surface area contributed by atoms with Gasteiger partial charge in [0.1, 0.15) is 11.6 Å². The van der Waals surface area contributed by atoms with E-state index in [2.05, 4.69) is 9.97 Å². The maximum absolute atomic E-state index is 7.37. The van der Waals surface area contributed by atoms with Gasteiger partial charge in [0.05, 0.1) is 0 Å². The predicted octanol–water partition coefficient (Wildman–Crippen LogP) is 2.99. The second-order valence-electron chi connectivity index (χ2n) is 5.19. The molecule has 7 N–H and O–H groups in total. The largest absolute Gasteiger partial charge is 0.384 e. The second kappa shape index (κ2) is 8.85. The number of aromatic nitrogens is 2. The van der Waals surface area contributed by atoms with Crippen LogP contribution in [-0.2, 0) is 0 Å². The molecule has 23 heavy (non-hydrogen) atoms. The smallest absolute Gasteiger partial charge is 0.123 e. The van der Waals surface area contributed by atoms with E-state index < -0.39 is 0 Å². The lowest BCUT2D eigenvalue weighted by Crippen LogP contribution is -2.08. The van der Waals surface area contributed by atoms with Crippen LogP contribution in [0.5, 0.6) is 0 Å². The number of pyridine rings is 2. The van der Waals surface area contributed by atoms with Crippen LogP contribution in [-0.4, -0.2) is 15.7 Å². The molecule has 126 valence electrons. The number of aryl methyl sites for hydroxylation is 2. The molecule has 0 aliphatic rings. The van der Waals surface area contributed by atoms with Gasteiger partial charge in [0, 0.05) is 28.7 Å². The van der Waals surface area contributed by atoms with E-state index in [9.17, 15) is 0 Å². The van der Waals surface area contributed by atoms with Gasteiger partial charge in [-0.2, -0.15) is 0 Å². The molecule has 2 aromatic rings. The second-order valence-corrected chi connectivity index (χ2v) is 5.19. The average molecular weight is 316 g/mol. The van der Waals surface area contributed by atoms with Crippen molar-refractivity contribution in [1.82, 2.24) is 9.97 Å². The van der Waals surface area contributed by atoms with Gasteiger partial charge in [0.15, 0.2) is 0 Å². The van der Waals surface area contributed by atoms with Gasteiger partial charge in [-0.05, 0) is 51.5 Å². The van der Waals surface area contributed by atoms with Gasteiger partial charge in [-0.25, -0.2) is 9.97 Å². The molecule has 6 nitrogen and oxygen atoms in total. The summed E-state index contributed by atoms with van der Waals surface area (Å²) in [7, 11) is 0. The molecule has 0 saturated heterocycles. The molecular formula is C17H28N6. The van der Waals surface area contributed by atoms with E-state index in [4.69, 9.17) is 22.6 Å². The molecule has 0 radical (unpaired) electrons. The van der Waals surface area contributed by atoms with Crippen LogP contribution < -0.4 is 17.2 Å². The third-order valence-electron chi connectivity index (χ3n) is 3.15. The topological polar surface area (TPSA) is 128 Å². The molecule has 0 fully saturated rings. The van der Waals surface area contributed by atoms with Crippen molar-refractivity contribution in [2.75, 3.05) is 11.5 Å². The number of anilines is 2. The van der Waals surface area contributed by atoms with Gasteiger partial charge >= 0.3 is 0 Å². The summed E-state index contributed by atoms with van der Waals surface area (Å²) in [5.74, 6) is 1.06. The molecule has 1 unspecified atom stereocenters. The Bertz CT molecular complexity index is 664. The van der Waals surface area contributed by atoms with Crippen molar-refractivity contribution < 1.29 is 0 Å². The molecule has 6 heteroatoms. The molecular weight excluding hydrogens is 288 g/mol. The highest BCUT2D eigenvalue weighted by Gasteiger charge is 2.03. The lowest BCUT2D eigenvalue weighted by Gasteiger charge is -2.08. The third kappa shape index (κ3) is 6.04. The van der Waals surface area contributed by atoms with E-state index >= 15 is 0 Å². The number of rotatable bonds is 2. The summed E-state index contributed by atoms with van der Waals surface area (Å²) >= 11 is 0. The predicted molar refractivity (Wildman–Crippen MR) is 98.6 cm³/mol. The van der Waals surface area contributed by atoms with Crippen LogP contribution >= 0.6 is 0 Å². The first-order valence-electron chi connectivity index (χ1n) is 6.99. The van der Waals surface area contributed by atoms with Crippen molar-refractivity contribution in [1.29, 1.82) is 5.41 Å². The molecule has 0 amide bonds. The number of nitrogens with two attached hydrogens (primary N) is 3. The Balaban J connectivity index is 0.000000403. The van der Waals surface area contributed by atoms with Gasteiger partial charge in [-0.1, -0.05) is 13.5 Å². The zero-order valence-corrected chi connectivity index (χ0v) is 13.5. The Labute approximate surface area is 138 Å². The van der Waals surface area contributed by atoms with Crippen LogP contribution in [0.25, 0.3) is 0 Å². The molecule has 0 bridgehead atoms. The molecule has 0 aliphatic carbocycles. The van der Waals surface area contributed by atoms with Gasteiger partial charge < -0.3 is 22.6 Å². The highest BCUT2D eigenvalue weighted by molar-refractivity contribution is 5.97. The van der Waals surface area contributed by atoms with Gasteiger partial charge in [0.2, 0.25) is 0 Å². The summed E-state index contributed by atoms with van der Waals surface area (Å²) in [5, 5.41) is 7.37. The van der Waals surface area contributed by atoms with Crippen molar-refractivity contribution in [2.24, 2.45) is 5.73 Å². The Kier molecular flexibility index (Phi) is 7.90. The summed E-state index contributed by atoms with van der Waals surface area (Å²) in [6.07, 6.45) is 0. The number of hydrogen-bond donors (Lipinski definition) is 4. The maximum Gasteiger partial charge on any atom is 0.123 e. The van der Waals surface area contributed by atoms with Crippen LogP contribution in [0.15, 0.2) is 24.3 Å². The zero-order valence-electron chi connectivity index (χ0n) is 13.5. The first-order valence-corrected chi connectivity index (χ1v) is 6.99. The fourth-order valence-corrected chi connectivity index (χ4v) is 2.05. The molecule has 2 heterocycles. The summed E-state index contributed by atoms with van der Waals surface area (Å²) in [6, 6.07) is 7.25. The normalized spacial score (nSPS) is 10.8. The van der Waals surface area contributed by atoms with Crippen molar-refractivity contribution in [3.05, 3.63) is 46.8 Å². The number of hydrogen-bond acceptors (Lipinski definition) is 6. The molecule has 2 rings (SSSR count). The van der Waals surface area contributed by atoms with Gasteiger partial charge in [0.25, 0.3) is 0 Å². The zero-order chi connectivity index (χ0) is 16.9. The SMILES string of the molecule is C.CC(=N)c1ccc(N)nc1C.Cc1nc(N)ccc1C(C)N. The minimum absolute atomic E-state index is 0. The summed E-state index contributed by atoms with van der Waals surface area (Å²) in [4.78, 5) is 8.12. The molecule has 0 aliphatic heterocycles. The standard InChI is InChI=1S/C8H13N3.C8H11N3.CH4/c2*1-5(9)7-3-4-8(10)11-6(7)2;/h3-5H,9H2,1-2H3,(H2,10,11);3-4,9H,1-2H3,(H2,10,11);1H4. The average Bonchev–Trinajstić information content (AvgIpc) is 2.38. The minimum atomic E-state index is 0. The quantitative estimate of drug-likeness (QED) is 0.633. The summed E-state index contributed by atoms with van der Waals surface area (Å²) in [6.45, 7) is 7.43. The van der Waals surface area contributed by atoms with Gasteiger partial charge in [-0.15, -0.1) is 0 Å². The van der Waals surface area contributed by atoms with E-state index in [-0.39, 0.29) is 13.5 Å². The molecule has 0 aromatic carbocycles. The number of nitrogen functional groups attached to an aromatic ring is 2. The van der Waals surface area contributed by atoms with Crippen LogP contribution in [0.4, 0.5) is 11.6 Å². The van der Waals surface area contributed by atoms with Crippen molar-refractivity contribution in [3.8, 4) is 0 Å². The fourth-order valence-electron chi connectivity index (χ4n) is 2.05. The first kappa shape index (κ1) is 20.5. The minimum Gasteiger partial charge on any atom is -0.384 e. The van der Waals surface area contributed by atoms with E-state index in [0.717, 1.165) is 22.5 Å². The lowest BCUT2D eigenvalue weighted by molar-refractivity contribution is 0.800. The number of nitrogens with one attached hydrogen (secondary N) is 1. The fraction of sp³-hybridized carbons (Fsp3) is 0.353. The Morgan fingerprint density at radius 2 is 1.48 bits per heavy atom. The maximum atomic E-state index is 7.37. The van der Waals surface area contributed by atoms with Crippen molar-refractivity contribution in [3.63, 3.8) is 0 Å². The Morgan fingerprint density at radius 3 is 1.87 bits per heavy atom. The highest BCUT2D eigenvalue weighted by Crippen LogP contribution is 2.14. The summed E-state index contributed by atoms with van der Waals surface area (Å²) < 4.78 is 0. The Hall–Kier alpha value is -2.47. The first-order chi connectivity index (χ1) is 10.2. The van der Waals surface area contributed by atoms with Crippen molar-refractivity contribution in [2.45, 2.75) is 41.2 Å². The highest BCUT2D eigenvalue weighted by atomic mass is 14.8. The van der Waals surface area contributed by atoms with Crippen LogP contribution in [0.2, 0.25) is 0 Å². The molecule has 0 saturated carbocycles. The lowest BCUT2D eigenvalue weighted by atomic mass is 10.1. The van der Waals surface area contributed by atoms with E-state index in [1.165, 1.54) is 0 Å². The van der Waals surface area contributed by atoms with Crippen LogP contribution in [0.3, 0.4) is 0 Å². The number of nitrogens with zero attached hydrogens (tertiary/aromatic N) is 2. The molecule has 0 spiro atoms. The molecule has 1 atom stereocenters. The third-order valence-corrected chi connectivity index (χ3v) is 3.15. The van der Waals surface area contributed by atoms with Crippen LogP contribution in [0, 0.1) is 19.3 Å². The summed E-state index contributed by atoms with van der Waals surface area (Å²) in [5.41, 5.74) is 20.8. The van der Waals surface area contributed by atoms with Gasteiger partial charge in [-0.3, -0.25) is 0 Å².